The van der Waals surface area contributed by atoms with Gasteiger partial charge >= 0.3 is 6.18 Å². The van der Waals surface area contributed by atoms with Gasteiger partial charge in [-0.25, -0.2) is 4.39 Å². The first kappa shape index (κ1) is 47.0. The number of piperazine rings is 2. The summed E-state index contributed by atoms with van der Waals surface area (Å²) < 4.78 is 51.5. The predicted molar refractivity (Wildman–Crippen MR) is 245 cm³/mol. The van der Waals surface area contributed by atoms with Crippen LogP contribution in [0.1, 0.15) is 60.4 Å². The number of anilines is 2. The Labute approximate surface area is 375 Å². The highest BCUT2D eigenvalue weighted by molar-refractivity contribution is 5.79. The van der Waals surface area contributed by atoms with Gasteiger partial charge in [-0.15, -0.1) is 0 Å². The van der Waals surface area contributed by atoms with Crippen molar-refractivity contribution in [2.45, 2.75) is 82.8 Å². The Kier molecular flexibility index (Phi) is 16.7. The van der Waals surface area contributed by atoms with Gasteiger partial charge in [0.05, 0.1) is 18.4 Å². The maximum Gasteiger partial charge on any atom is 0.416 e. The second kappa shape index (κ2) is 22.7. The summed E-state index contributed by atoms with van der Waals surface area (Å²) in [5, 5.41) is 13.5. The molecule has 4 N–H and O–H groups in total. The number of halogens is 4. The number of likely N-dealkylation sites (tertiary alicyclic amines) is 2. The predicted octanol–water partition coefficient (Wildman–Crippen LogP) is 7.02. The van der Waals surface area contributed by atoms with Crippen molar-refractivity contribution in [2.24, 2.45) is 0 Å². The van der Waals surface area contributed by atoms with Crippen LogP contribution in [0.4, 0.5) is 28.9 Å². The summed E-state index contributed by atoms with van der Waals surface area (Å²) in [7, 11) is 0. The first-order valence-electron chi connectivity index (χ1n) is 23.0. The Morgan fingerprint density at radius 2 is 1.09 bits per heavy atom. The minimum absolute atomic E-state index is 0.122. The number of amides is 2. The Balaban J connectivity index is 0.000000193. The number of nitrogens with zero attached hydrogens (tertiary/aromatic N) is 4. The molecule has 0 unspecified atom stereocenters. The molecule has 4 heterocycles. The lowest BCUT2D eigenvalue weighted by Crippen LogP contribution is -2.48. The van der Waals surface area contributed by atoms with E-state index in [0.717, 1.165) is 127 Å². The molecule has 4 aromatic rings. The van der Waals surface area contributed by atoms with Gasteiger partial charge in [-0.05, 0) is 97.3 Å². The molecule has 0 aromatic heterocycles. The molecule has 344 valence electrons. The van der Waals surface area contributed by atoms with Crippen LogP contribution in [0.2, 0.25) is 0 Å². The van der Waals surface area contributed by atoms with Crippen LogP contribution in [0.5, 0.6) is 0 Å². The van der Waals surface area contributed by atoms with Crippen molar-refractivity contribution in [3.05, 3.63) is 131 Å². The Bertz CT molecular complexity index is 2060. The molecule has 0 aliphatic carbocycles. The van der Waals surface area contributed by atoms with E-state index in [1.807, 2.05) is 15.9 Å². The van der Waals surface area contributed by atoms with Crippen molar-refractivity contribution in [3.8, 4) is 0 Å². The zero-order chi connectivity index (χ0) is 44.9. The minimum Gasteiger partial charge on any atom is -0.382 e. The first-order valence-corrected chi connectivity index (χ1v) is 23.0. The maximum atomic E-state index is 13.3. The zero-order valence-electron chi connectivity index (χ0n) is 37.0. The van der Waals surface area contributed by atoms with Crippen molar-refractivity contribution in [1.82, 2.24) is 30.2 Å². The lowest BCUT2D eigenvalue weighted by molar-refractivity contribution is -0.137. The van der Waals surface area contributed by atoms with Crippen molar-refractivity contribution >= 4 is 23.2 Å². The highest BCUT2D eigenvalue weighted by Gasteiger charge is 2.30. The smallest absolute Gasteiger partial charge is 0.382 e. The third-order valence-corrected chi connectivity index (χ3v) is 12.7. The van der Waals surface area contributed by atoms with Crippen LogP contribution in [-0.4, -0.2) is 122 Å². The van der Waals surface area contributed by atoms with Crippen LogP contribution >= 0.6 is 0 Å². The van der Waals surface area contributed by atoms with E-state index in [-0.39, 0.29) is 29.7 Å². The summed E-state index contributed by atoms with van der Waals surface area (Å²) in [6, 6.07) is 29.5. The van der Waals surface area contributed by atoms with E-state index in [2.05, 4.69) is 86.5 Å². The van der Waals surface area contributed by atoms with Crippen LogP contribution in [0, 0.1) is 5.82 Å². The second-order valence-electron chi connectivity index (χ2n) is 17.8. The van der Waals surface area contributed by atoms with E-state index in [1.165, 1.54) is 35.4 Å². The van der Waals surface area contributed by atoms with E-state index in [0.29, 0.717) is 37.7 Å². The number of carbonyl (C=O) groups excluding carboxylic acids is 2. The van der Waals surface area contributed by atoms with Gasteiger partial charge in [-0.3, -0.25) is 19.4 Å². The molecule has 4 aliphatic rings. The monoisotopic (exact) mass is 885 g/mol. The molecule has 2 amide bonds. The molecule has 0 spiro atoms. The Morgan fingerprint density at radius 3 is 1.59 bits per heavy atom. The average molecular weight is 885 g/mol. The second-order valence-corrected chi connectivity index (χ2v) is 17.8. The van der Waals surface area contributed by atoms with Crippen molar-refractivity contribution < 1.29 is 27.2 Å². The van der Waals surface area contributed by atoms with Gasteiger partial charge in [0.25, 0.3) is 0 Å². The van der Waals surface area contributed by atoms with Crippen LogP contribution in [0.25, 0.3) is 0 Å². The highest BCUT2D eigenvalue weighted by Crippen LogP contribution is 2.30. The van der Waals surface area contributed by atoms with Crippen LogP contribution in [0.15, 0.2) is 97.1 Å². The van der Waals surface area contributed by atoms with Gasteiger partial charge in [0, 0.05) is 115 Å². The molecule has 4 aromatic carbocycles. The molecule has 0 radical (unpaired) electrons. The molecule has 0 bridgehead atoms. The normalized spacial score (nSPS) is 19.4. The molecule has 14 heteroatoms. The largest absolute Gasteiger partial charge is 0.416 e. The zero-order valence-corrected chi connectivity index (χ0v) is 37.0. The van der Waals surface area contributed by atoms with Crippen LogP contribution in [0.3, 0.4) is 0 Å². The molecule has 0 saturated carbocycles. The van der Waals surface area contributed by atoms with E-state index in [9.17, 15) is 27.2 Å². The number of hydrogen-bond donors (Lipinski definition) is 4. The minimum atomic E-state index is -4.33. The summed E-state index contributed by atoms with van der Waals surface area (Å²) >= 11 is 0. The van der Waals surface area contributed by atoms with E-state index < -0.39 is 11.7 Å². The summed E-state index contributed by atoms with van der Waals surface area (Å²) in [5.74, 6) is 0.0808. The topological polar surface area (TPSA) is 95.2 Å². The van der Waals surface area contributed by atoms with Gasteiger partial charge in [-0.2, -0.15) is 13.2 Å². The fourth-order valence-electron chi connectivity index (χ4n) is 8.99. The molecule has 4 saturated heterocycles. The Hall–Kier alpha value is -5.02. The maximum absolute atomic E-state index is 13.3. The third kappa shape index (κ3) is 14.5. The quantitative estimate of drug-likeness (QED) is 0.113. The van der Waals surface area contributed by atoms with Gasteiger partial charge in [0.2, 0.25) is 11.8 Å². The fourth-order valence-corrected chi connectivity index (χ4v) is 8.99. The van der Waals surface area contributed by atoms with Crippen molar-refractivity contribution in [1.29, 1.82) is 0 Å². The van der Waals surface area contributed by atoms with Gasteiger partial charge in [0.15, 0.2) is 0 Å². The average Bonchev–Trinajstić information content (AvgIpc) is 3.29. The number of rotatable bonds is 12. The molecule has 8 rings (SSSR count). The molecule has 10 nitrogen and oxygen atoms in total. The number of hydrogen-bond acceptors (Lipinski definition) is 8. The molecule has 64 heavy (non-hydrogen) atoms. The first-order chi connectivity index (χ1) is 30.9. The molecular formula is C50H64F4N8O2. The van der Waals surface area contributed by atoms with Crippen molar-refractivity contribution in [3.63, 3.8) is 0 Å². The van der Waals surface area contributed by atoms with Gasteiger partial charge in [-0.1, -0.05) is 54.6 Å². The van der Waals surface area contributed by atoms with Crippen LogP contribution < -0.4 is 21.3 Å². The fraction of sp³-hybridized carbons (Fsp3) is 0.480. The lowest BCUT2D eigenvalue weighted by Gasteiger charge is -2.33. The number of nitrogens with one attached hydrogen (secondary N) is 4. The molecule has 4 aliphatic heterocycles. The molecule has 1 atom stereocenters. The number of benzene rings is 4. The van der Waals surface area contributed by atoms with Gasteiger partial charge < -0.3 is 31.1 Å². The summed E-state index contributed by atoms with van der Waals surface area (Å²) in [6.07, 6.45) is -0.173. The third-order valence-electron chi connectivity index (χ3n) is 12.7. The Morgan fingerprint density at radius 1 is 0.609 bits per heavy atom. The van der Waals surface area contributed by atoms with Crippen molar-refractivity contribution in [2.75, 3.05) is 82.6 Å². The summed E-state index contributed by atoms with van der Waals surface area (Å²) in [4.78, 5) is 34.3. The molecular weight excluding hydrogens is 821 g/mol. The van der Waals surface area contributed by atoms with Gasteiger partial charge in [0.1, 0.15) is 5.82 Å². The number of piperidine rings is 2. The number of alkyl halides is 3. The highest BCUT2D eigenvalue weighted by atomic mass is 19.4. The summed E-state index contributed by atoms with van der Waals surface area (Å²) in [5.41, 5.74) is 5.49. The standard InChI is InChI=1S/C26H33F3N4O.C24H31FN4O/c1-19-17-32(15-12-30-19)18-21-4-2-20(3-5-21)16-25(34)33-13-10-24(11-14-33)31-23-8-6-22(7-9-23)26(27,28)29;25-21-2-1-3-23(17-21)27-22-8-12-29(13-9-22)24(30)16-19-4-6-20(7-5-19)18-28-14-10-26-11-15-28/h2-9,19,24,30-31H,10-18H2,1H3;1-7,17,22,26-27H,8-16,18H2/t19-;/m0./s1. The van der Waals surface area contributed by atoms with E-state index >= 15 is 0 Å². The van der Waals surface area contributed by atoms with E-state index in [4.69, 9.17) is 0 Å². The lowest BCUT2D eigenvalue weighted by atomic mass is 10.0. The summed E-state index contributed by atoms with van der Waals surface area (Å²) in [6.45, 7) is 14.3. The van der Waals surface area contributed by atoms with Crippen LogP contribution in [-0.2, 0) is 41.7 Å². The molecule has 4 fully saturated rings. The van der Waals surface area contributed by atoms with E-state index in [1.54, 1.807) is 6.07 Å². The number of carbonyl (C=O) groups is 2. The SMILES string of the molecule is C[C@H]1CN(Cc2ccc(CC(=O)N3CCC(Nc4ccc(C(F)(F)F)cc4)CC3)cc2)CCN1.O=C(Cc1ccc(CN2CCNCC2)cc1)N1CCC(Nc2cccc(F)c2)CC1.